The van der Waals surface area contributed by atoms with Gasteiger partial charge in [0, 0.05) is 18.2 Å². The lowest BCUT2D eigenvalue weighted by Crippen LogP contribution is -2.28. The fourth-order valence-electron chi connectivity index (χ4n) is 3.09. The zero-order chi connectivity index (χ0) is 21.7. The summed E-state index contributed by atoms with van der Waals surface area (Å²) in [4.78, 5) is 12.9. The van der Waals surface area contributed by atoms with E-state index in [-0.39, 0.29) is 16.8 Å². The Morgan fingerprint density at radius 2 is 1.53 bits per heavy atom. The van der Waals surface area contributed by atoms with E-state index in [9.17, 15) is 13.2 Å². The van der Waals surface area contributed by atoms with E-state index in [1.54, 1.807) is 61.7 Å². The number of sulfonamides is 1. The second-order valence-corrected chi connectivity index (χ2v) is 8.74. The third-order valence-electron chi connectivity index (χ3n) is 4.85. The van der Waals surface area contributed by atoms with Crippen LogP contribution in [0.3, 0.4) is 0 Å². The summed E-state index contributed by atoms with van der Waals surface area (Å²) in [5.41, 5.74) is 1.78. The second-order valence-electron chi connectivity index (χ2n) is 6.77. The zero-order valence-corrected chi connectivity index (χ0v) is 17.9. The van der Waals surface area contributed by atoms with Gasteiger partial charge in [0.1, 0.15) is 5.75 Å². The van der Waals surface area contributed by atoms with E-state index in [4.69, 9.17) is 4.74 Å². The monoisotopic (exact) mass is 424 g/mol. The number of methoxy groups -OCH3 is 1. The van der Waals surface area contributed by atoms with Crippen LogP contribution in [0.2, 0.25) is 0 Å². The number of nitrogens with zero attached hydrogens (tertiary/aromatic N) is 1. The van der Waals surface area contributed by atoms with Gasteiger partial charge in [0.05, 0.1) is 23.7 Å². The van der Waals surface area contributed by atoms with Crippen LogP contribution < -0.4 is 14.4 Å². The van der Waals surface area contributed by atoms with E-state index in [0.29, 0.717) is 17.0 Å². The highest BCUT2D eigenvalue weighted by Gasteiger charge is 2.21. The smallest absolute Gasteiger partial charge is 0.264 e. The van der Waals surface area contributed by atoms with Gasteiger partial charge in [0.15, 0.2) is 0 Å². The SMILES string of the molecule is COc1ccccc1[C@@H](C)NC(=O)c1ccc(N(C)S(=O)(=O)c2ccccc2)cc1. The molecule has 1 N–H and O–H groups in total. The van der Waals surface area contributed by atoms with Crippen molar-refractivity contribution >= 4 is 21.6 Å². The highest BCUT2D eigenvalue weighted by Crippen LogP contribution is 2.25. The highest BCUT2D eigenvalue weighted by atomic mass is 32.2. The first kappa shape index (κ1) is 21.4. The largest absolute Gasteiger partial charge is 0.496 e. The van der Waals surface area contributed by atoms with Crippen LogP contribution in [-0.2, 0) is 10.0 Å². The molecule has 1 atom stereocenters. The van der Waals surface area contributed by atoms with E-state index in [0.717, 1.165) is 5.56 Å². The van der Waals surface area contributed by atoms with Crippen LogP contribution in [0.25, 0.3) is 0 Å². The van der Waals surface area contributed by atoms with Crippen LogP contribution in [-0.4, -0.2) is 28.5 Å². The van der Waals surface area contributed by atoms with Crippen molar-refractivity contribution in [3.05, 3.63) is 90.0 Å². The van der Waals surface area contributed by atoms with E-state index in [1.165, 1.54) is 11.4 Å². The van der Waals surface area contributed by atoms with Gasteiger partial charge in [-0.1, -0.05) is 36.4 Å². The maximum atomic E-state index is 12.7. The molecule has 0 bridgehead atoms. The molecule has 0 saturated carbocycles. The number of benzene rings is 3. The van der Waals surface area contributed by atoms with Gasteiger partial charge in [0.25, 0.3) is 15.9 Å². The number of para-hydroxylation sites is 1. The van der Waals surface area contributed by atoms with Crippen molar-refractivity contribution in [1.82, 2.24) is 5.32 Å². The van der Waals surface area contributed by atoms with Crippen LogP contribution in [0.4, 0.5) is 5.69 Å². The molecule has 3 aromatic carbocycles. The molecule has 0 heterocycles. The van der Waals surface area contributed by atoms with E-state index in [2.05, 4.69) is 5.32 Å². The molecule has 0 saturated heterocycles. The van der Waals surface area contributed by atoms with Gasteiger partial charge in [-0.3, -0.25) is 9.10 Å². The third-order valence-corrected chi connectivity index (χ3v) is 6.65. The first-order valence-electron chi connectivity index (χ1n) is 9.42. The number of carbonyl (C=O) groups excluding carboxylic acids is 1. The lowest BCUT2D eigenvalue weighted by atomic mass is 10.1. The van der Waals surface area contributed by atoms with Crippen molar-refractivity contribution in [1.29, 1.82) is 0 Å². The Balaban J connectivity index is 1.74. The van der Waals surface area contributed by atoms with Gasteiger partial charge in [-0.2, -0.15) is 0 Å². The molecule has 1 amide bonds. The predicted octanol–water partition coefficient (Wildman–Crippen LogP) is 4.01. The molecule has 0 fully saturated rings. The molecular weight excluding hydrogens is 400 g/mol. The fraction of sp³-hybridized carbons (Fsp3) is 0.174. The number of nitrogens with one attached hydrogen (secondary N) is 1. The summed E-state index contributed by atoms with van der Waals surface area (Å²) in [7, 11) is -0.592. The summed E-state index contributed by atoms with van der Waals surface area (Å²) in [6, 6.07) is 21.9. The first-order chi connectivity index (χ1) is 14.3. The Kier molecular flexibility index (Phi) is 6.42. The van der Waals surface area contributed by atoms with Crippen molar-refractivity contribution in [2.45, 2.75) is 17.9 Å². The Labute approximate surface area is 177 Å². The molecule has 6 nitrogen and oxygen atoms in total. The van der Waals surface area contributed by atoms with Gasteiger partial charge in [0.2, 0.25) is 0 Å². The third kappa shape index (κ3) is 4.46. The summed E-state index contributed by atoms with van der Waals surface area (Å²) in [6.07, 6.45) is 0. The molecule has 0 unspecified atom stereocenters. The Hall–Kier alpha value is -3.32. The van der Waals surface area contributed by atoms with Crippen molar-refractivity contribution in [3.63, 3.8) is 0 Å². The van der Waals surface area contributed by atoms with Crippen molar-refractivity contribution in [3.8, 4) is 5.75 Å². The number of amides is 1. The van der Waals surface area contributed by atoms with Crippen LogP contribution in [0.1, 0.15) is 28.9 Å². The van der Waals surface area contributed by atoms with E-state index < -0.39 is 10.0 Å². The van der Waals surface area contributed by atoms with Crippen molar-refractivity contribution in [2.75, 3.05) is 18.5 Å². The molecule has 0 aliphatic carbocycles. The number of anilines is 1. The van der Waals surface area contributed by atoms with Gasteiger partial charge in [-0.05, 0) is 49.4 Å². The molecule has 0 radical (unpaired) electrons. The fourth-order valence-corrected chi connectivity index (χ4v) is 4.31. The van der Waals surface area contributed by atoms with Gasteiger partial charge in [-0.25, -0.2) is 8.42 Å². The minimum atomic E-state index is -3.67. The number of rotatable bonds is 7. The lowest BCUT2D eigenvalue weighted by Gasteiger charge is -2.20. The number of hydrogen-bond acceptors (Lipinski definition) is 4. The second kappa shape index (κ2) is 9.00. The summed E-state index contributed by atoms with van der Waals surface area (Å²) >= 11 is 0. The molecule has 7 heteroatoms. The zero-order valence-electron chi connectivity index (χ0n) is 17.1. The molecule has 3 rings (SSSR count). The van der Waals surface area contributed by atoms with Gasteiger partial charge < -0.3 is 10.1 Å². The quantitative estimate of drug-likeness (QED) is 0.622. The Morgan fingerprint density at radius 3 is 2.17 bits per heavy atom. The molecule has 156 valence electrons. The van der Waals surface area contributed by atoms with E-state index >= 15 is 0 Å². The molecule has 0 aliphatic rings. The molecule has 3 aromatic rings. The van der Waals surface area contributed by atoms with Gasteiger partial charge in [-0.15, -0.1) is 0 Å². The normalized spacial score (nSPS) is 12.1. The van der Waals surface area contributed by atoms with Gasteiger partial charge >= 0.3 is 0 Å². The summed E-state index contributed by atoms with van der Waals surface area (Å²) in [5, 5.41) is 2.94. The maximum Gasteiger partial charge on any atom is 0.264 e. The minimum Gasteiger partial charge on any atom is -0.496 e. The summed E-state index contributed by atoms with van der Waals surface area (Å²) < 4.78 is 32.0. The van der Waals surface area contributed by atoms with E-state index in [1.807, 2.05) is 31.2 Å². The summed E-state index contributed by atoms with van der Waals surface area (Å²) in [6.45, 7) is 1.88. The number of ether oxygens (including phenoxy) is 1. The minimum absolute atomic E-state index is 0.208. The van der Waals surface area contributed by atoms with Crippen LogP contribution in [0.15, 0.2) is 83.8 Å². The van der Waals surface area contributed by atoms with Crippen molar-refractivity contribution in [2.24, 2.45) is 0 Å². The topological polar surface area (TPSA) is 75.7 Å². The van der Waals surface area contributed by atoms with Crippen LogP contribution in [0.5, 0.6) is 5.75 Å². The standard InChI is InChI=1S/C23H24N2O4S/c1-17(21-11-7-8-12-22(21)29-3)24-23(26)18-13-15-19(16-14-18)25(2)30(27,28)20-9-5-4-6-10-20/h4-17H,1-3H3,(H,24,26)/t17-/m1/s1. The molecule has 30 heavy (non-hydrogen) atoms. The Bertz CT molecular complexity index is 1110. The summed E-state index contributed by atoms with van der Waals surface area (Å²) in [5.74, 6) is 0.446. The maximum absolute atomic E-state index is 12.7. The number of carbonyl (C=O) groups is 1. The van der Waals surface area contributed by atoms with Crippen LogP contribution >= 0.6 is 0 Å². The molecule has 0 aliphatic heterocycles. The first-order valence-corrected chi connectivity index (χ1v) is 10.9. The Morgan fingerprint density at radius 1 is 0.933 bits per heavy atom. The highest BCUT2D eigenvalue weighted by molar-refractivity contribution is 7.92. The van der Waals surface area contributed by atoms with Crippen molar-refractivity contribution < 1.29 is 17.9 Å². The van der Waals surface area contributed by atoms with Crippen LogP contribution in [0, 0.1) is 0 Å². The molecular formula is C23H24N2O4S. The predicted molar refractivity (Wildman–Crippen MR) is 117 cm³/mol. The lowest BCUT2D eigenvalue weighted by molar-refractivity contribution is 0.0939. The average Bonchev–Trinajstić information content (AvgIpc) is 2.79. The average molecular weight is 425 g/mol. The molecule has 0 aromatic heterocycles. The molecule has 0 spiro atoms. The number of hydrogen-bond donors (Lipinski definition) is 1.